The number of hydrogen-bond acceptors (Lipinski definition) is 3. The maximum Gasteiger partial charge on any atom is 0.338 e. The quantitative estimate of drug-likeness (QED) is 0.678. The summed E-state index contributed by atoms with van der Waals surface area (Å²) in [4.78, 5) is 23.8. The van der Waals surface area contributed by atoms with Gasteiger partial charge >= 0.3 is 5.97 Å². The molecule has 0 aliphatic heterocycles. The van der Waals surface area contributed by atoms with Crippen LogP contribution in [0.4, 0.5) is 5.69 Å². The van der Waals surface area contributed by atoms with Crippen LogP contribution in [0.5, 0.6) is 0 Å². The predicted molar refractivity (Wildman–Crippen MR) is 80.2 cm³/mol. The van der Waals surface area contributed by atoms with E-state index in [0.717, 1.165) is 0 Å². The number of benzene rings is 1. The molecule has 0 saturated heterocycles. The second-order valence-electron chi connectivity index (χ2n) is 5.45. The number of anilines is 1. The number of para-hydroxylation sites is 1. The predicted octanol–water partition coefficient (Wildman–Crippen LogP) is 3.25. The monoisotopic (exact) mass is 275 g/mol. The van der Waals surface area contributed by atoms with E-state index in [1.165, 1.54) is 0 Å². The van der Waals surface area contributed by atoms with Crippen LogP contribution in [0.15, 0.2) is 30.8 Å². The van der Waals surface area contributed by atoms with Gasteiger partial charge in [0.05, 0.1) is 12.2 Å². The van der Waals surface area contributed by atoms with Crippen molar-refractivity contribution < 1.29 is 14.3 Å². The number of rotatable bonds is 4. The van der Waals surface area contributed by atoms with Gasteiger partial charge in [0.15, 0.2) is 0 Å². The lowest BCUT2D eigenvalue weighted by Gasteiger charge is -2.19. The minimum Gasteiger partial charge on any atom is -0.462 e. The number of carbonyl (C=O) groups is 2. The highest BCUT2D eigenvalue weighted by Crippen LogP contribution is 2.25. The van der Waals surface area contributed by atoms with Crippen LogP contribution in [0.2, 0.25) is 0 Å². The fraction of sp³-hybridized carbons (Fsp3) is 0.375. The Kier molecular flexibility index (Phi) is 5.08. The van der Waals surface area contributed by atoms with Crippen LogP contribution < -0.4 is 5.32 Å². The smallest absolute Gasteiger partial charge is 0.338 e. The van der Waals surface area contributed by atoms with Crippen molar-refractivity contribution in [1.82, 2.24) is 0 Å². The van der Waals surface area contributed by atoms with Gasteiger partial charge in [0.2, 0.25) is 5.91 Å². The minimum absolute atomic E-state index is 0.124. The van der Waals surface area contributed by atoms with Gasteiger partial charge in [-0.3, -0.25) is 4.79 Å². The molecular weight excluding hydrogens is 254 g/mol. The number of esters is 1. The lowest BCUT2D eigenvalue weighted by molar-refractivity contribution is -0.136. The van der Waals surface area contributed by atoms with Crippen molar-refractivity contribution >= 4 is 23.1 Å². The van der Waals surface area contributed by atoms with Crippen molar-refractivity contribution in [2.24, 2.45) is 5.41 Å². The van der Waals surface area contributed by atoms with E-state index in [0.29, 0.717) is 11.3 Å². The van der Waals surface area contributed by atoms with Crippen LogP contribution in [0.25, 0.3) is 5.57 Å². The Labute approximate surface area is 119 Å². The molecule has 20 heavy (non-hydrogen) atoms. The number of amides is 1. The van der Waals surface area contributed by atoms with E-state index >= 15 is 0 Å². The topological polar surface area (TPSA) is 55.4 Å². The molecule has 0 spiro atoms. The standard InChI is InChI=1S/C16H21NO3/c1-6-20-14(18)11(2)12-9-7-8-10-13(12)17-15(19)16(3,4)5/h7-10H,2,6H2,1,3-5H3,(H,17,19). The van der Waals surface area contributed by atoms with Gasteiger partial charge in [-0.25, -0.2) is 4.79 Å². The van der Waals surface area contributed by atoms with E-state index < -0.39 is 11.4 Å². The molecule has 108 valence electrons. The molecule has 0 radical (unpaired) electrons. The van der Waals surface area contributed by atoms with Crippen molar-refractivity contribution in [2.75, 3.05) is 11.9 Å². The first-order valence-electron chi connectivity index (χ1n) is 6.54. The zero-order valence-electron chi connectivity index (χ0n) is 12.4. The van der Waals surface area contributed by atoms with Gasteiger partial charge in [0.1, 0.15) is 0 Å². The van der Waals surface area contributed by atoms with Crippen LogP contribution in [0, 0.1) is 5.41 Å². The second-order valence-corrected chi connectivity index (χ2v) is 5.45. The van der Waals surface area contributed by atoms with Crippen molar-refractivity contribution in [3.05, 3.63) is 36.4 Å². The summed E-state index contributed by atoms with van der Waals surface area (Å²) >= 11 is 0. The lowest BCUT2D eigenvalue weighted by atomic mass is 9.95. The summed E-state index contributed by atoms with van der Waals surface area (Å²) < 4.78 is 4.93. The number of nitrogens with one attached hydrogen (secondary N) is 1. The Bertz CT molecular complexity index is 527. The molecule has 0 aliphatic rings. The van der Waals surface area contributed by atoms with Gasteiger partial charge < -0.3 is 10.1 Å². The first-order valence-corrected chi connectivity index (χ1v) is 6.54. The Morgan fingerprint density at radius 3 is 2.40 bits per heavy atom. The molecule has 0 aliphatic carbocycles. The molecule has 4 nitrogen and oxygen atoms in total. The maximum absolute atomic E-state index is 12.0. The molecule has 1 N–H and O–H groups in total. The highest BCUT2D eigenvalue weighted by Gasteiger charge is 2.23. The number of ether oxygens (including phenoxy) is 1. The summed E-state index contributed by atoms with van der Waals surface area (Å²) in [6, 6.07) is 7.05. The lowest BCUT2D eigenvalue weighted by Crippen LogP contribution is -2.28. The zero-order chi connectivity index (χ0) is 15.3. The Hall–Kier alpha value is -2.10. The molecule has 0 bridgehead atoms. The normalized spacial score (nSPS) is 10.8. The van der Waals surface area contributed by atoms with Crippen molar-refractivity contribution in [2.45, 2.75) is 27.7 Å². The van der Waals surface area contributed by atoms with Gasteiger partial charge in [-0.2, -0.15) is 0 Å². The van der Waals surface area contributed by atoms with E-state index in [2.05, 4.69) is 11.9 Å². The SMILES string of the molecule is C=C(C(=O)OCC)c1ccccc1NC(=O)C(C)(C)C. The van der Waals surface area contributed by atoms with Gasteiger partial charge in [-0.1, -0.05) is 45.5 Å². The fourth-order valence-electron chi connectivity index (χ4n) is 1.49. The molecule has 1 aromatic carbocycles. The molecule has 1 rings (SSSR count). The average Bonchev–Trinajstić information content (AvgIpc) is 2.37. The van der Waals surface area contributed by atoms with Gasteiger partial charge in [0.25, 0.3) is 0 Å². The highest BCUT2D eigenvalue weighted by atomic mass is 16.5. The molecule has 0 heterocycles. The minimum atomic E-state index is -0.516. The van der Waals surface area contributed by atoms with Gasteiger partial charge in [-0.05, 0) is 13.0 Å². The van der Waals surface area contributed by atoms with E-state index in [1.807, 2.05) is 20.8 Å². The first-order chi connectivity index (χ1) is 9.27. The van der Waals surface area contributed by atoms with Crippen LogP contribution in [0.1, 0.15) is 33.3 Å². The largest absolute Gasteiger partial charge is 0.462 e. The summed E-state index contributed by atoms with van der Waals surface area (Å²) in [5, 5.41) is 2.82. The molecule has 1 aromatic rings. The third kappa shape index (κ3) is 3.95. The summed E-state index contributed by atoms with van der Waals surface area (Å²) in [6.07, 6.45) is 0. The highest BCUT2D eigenvalue weighted by molar-refractivity contribution is 6.18. The molecule has 0 atom stereocenters. The van der Waals surface area contributed by atoms with Crippen molar-refractivity contribution in [1.29, 1.82) is 0 Å². The molecule has 0 fully saturated rings. The average molecular weight is 275 g/mol. The third-order valence-electron chi connectivity index (χ3n) is 2.70. The van der Waals surface area contributed by atoms with E-state index in [1.54, 1.807) is 31.2 Å². The summed E-state index contributed by atoms with van der Waals surface area (Å²) in [6.45, 7) is 11.2. The molecule has 4 heteroatoms. The summed E-state index contributed by atoms with van der Waals surface area (Å²) in [7, 11) is 0. The zero-order valence-corrected chi connectivity index (χ0v) is 12.4. The first kappa shape index (κ1) is 16.0. The molecule has 0 unspecified atom stereocenters. The van der Waals surface area contributed by atoms with Crippen LogP contribution >= 0.6 is 0 Å². The Morgan fingerprint density at radius 1 is 1.25 bits per heavy atom. The van der Waals surface area contributed by atoms with Crippen LogP contribution in [-0.2, 0) is 14.3 Å². The van der Waals surface area contributed by atoms with Gasteiger partial charge in [0, 0.05) is 16.7 Å². The Morgan fingerprint density at radius 2 is 1.85 bits per heavy atom. The summed E-state index contributed by atoms with van der Waals surface area (Å²) in [5.74, 6) is -0.605. The van der Waals surface area contributed by atoms with Crippen molar-refractivity contribution in [3.63, 3.8) is 0 Å². The van der Waals surface area contributed by atoms with E-state index in [9.17, 15) is 9.59 Å². The molecular formula is C16H21NO3. The molecule has 0 aromatic heterocycles. The fourth-order valence-corrected chi connectivity index (χ4v) is 1.49. The Balaban J connectivity index is 3.03. The van der Waals surface area contributed by atoms with Crippen molar-refractivity contribution in [3.8, 4) is 0 Å². The van der Waals surface area contributed by atoms with Gasteiger partial charge in [-0.15, -0.1) is 0 Å². The van der Waals surface area contributed by atoms with E-state index in [4.69, 9.17) is 4.74 Å². The molecule has 0 saturated carbocycles. The van der Waals surface area contributed by atoms with E-state index in [-0.39, 0.29) is 18.1 Å². The number of carbonyl (C=O) groups excluding carboxylic acids is 2. The third-order valence-corrected chi connectivity index (χ3v) is 2.70. The van der Waals surface area contributed by atoms with Crippen LogP contribution in [0.3, 0.4) is 0 Å². The molecule has 1 amide bonds. The number of hydrogen-bond donors (Lipinski definition) is 1. The maximum atomic E-state index is 12.0. The second kappa shape index (κ2) is 6.37. The van der Waals surface area contributed by atoms with Crippen LogP contribution in [-0.4, -0.2) is 18.5 Å². The summed E-state index contributed by atoms with van der Waals surface area (Å²) in [5.41, 5.74) is 0.851.